The van der Waals surface area contributed by atoms with Gasteiger partial charge in [-0.2, -0.15) is 5.10 Å². The zero-order chi connectivity index (χ0) is 14.5. The molecule has 0 aliphatic heterocycles. The van der Waals surface area contributed by atoms with E-state index < -0.39 is 0 Å². The molecule has 1 amide bonds. The Morgan fingerprint density at radius 1 is 1.35 bits per heavy atom. The molecule has 2 rings (SSSR count). The number of aromatic nitrogens is 2. The van der Waals surface area contributed by atoms with Crippen molar-refractivity contribution >= 4 is 11.6 Å². The number of anilines is 1. The molecule has 1 aromatic carbocycles. The van der Waals surface area contributed by atoms with Crippen molar-refractivity contribution in [2.75, 3.05) is 11.9 Å². The summed E-state index contributed by atoms with van der Waals surface area (Å²) >= 11 is 0. The van der Waals surface area contributed by atoms with Crippen molar-refractivity contribution in [1.82, 2.24) is 9.78 Å². The number of hydrogen-bond donors (Lipinski definition) is 1. The van der Waals surface area contributed by atoms with Gasteiger partial charge < -0.3 is 10.1 Å². The van der Waals surface area contributed by atoms with Crippen LogP contribution in [0.15, 0.2) is 36.7 Å². The van der Waals surface area contributed by atoms with Crippen molar-refractivity contribution in [1.29, 1.82) is 0 Å². The normalized spacial score (nSPS) is 10.6. The van der Waals surface area contributed by atoms with Crippen LogP contribution in [0.1, 0.15) is 24.2 Å². The van der Waals surface area contributed by atoms with Gasteiger partial charge in [-0.15, -0.1) is 0 Å². The smallest absolute Gasteiger partial charge is 0.258 e. The number of carbonyl (C=O) groups is 1. The van der Waals surface area contributed by atoms with E-state index in [1.165, 1.54) is 6.20 Å². The van der Waals surface area contributed by atoms with Crippen LogP contribution in [-0.2, 0) is 7.05 Å². The molecule has 0 radical (unpaired) electrons. The minimum Gasteiger partial charge on any atom is -0.493 e. The standard InChI is InChI=1S/C15H19N3O2/c1-11(2)10-20-14-6-4-13(5-7-14)17-15(19)12-8-16-18(3)9-12/h4-9,11H,10H2,1-3H3,(H,17,19). The Balaban J connectivity index is 1.95. The highest BCUT2D eigenvalue weighted by atomic mass is 16.5. The van der Waals surface area contributed by atoms with E-state index in [0.29, 0.717) is 18.1 Å². The van der Waals surface area contributed by atoms with E-state index in [0.717, 1.165) is 11.4 Å². The van der Waals surface area contributed by atoms with Crippen molar-refractivity contribution < 1.29 is 9.53 Å². The maximum atomic E-state index is 11.9. The highest BCUT2D eigenvalue weighted by molar-refractivity contribution is 6.03. The fourth-order valence-corrected chi connectivity index (χ4v) is 1.64. The number of amides is 1. The van der Waals surface area contributed by atoms with E-state index in [4.69, 9.17) is 4.74 Å². The molecule has 2 aromatic rings. The summed E-state index contributed by atoms with van der Waals surface area (Å²) in [6.45, 7) is 4.88. The molecular formula is C15H19N3O2. The lowest BCUT2D eigenvalue weighted by atomic mass is 10.2. The molecule has 5 heteroatoms. The van der Waals surface area contributed by atoms with E-state index in [1.807, 2.05) is 24.3 Å². The summed E-state index contributed by atoms with van der Waals surface area (Å²) in [6, 6.07) is 7.34. The molecule has 20 heavy (non-hydrogen) atoms. The van der Waals surface area contributed by atoms with Gasteiger partial charge in [0.1, 0.15) is 5.75 Å². The average Bonchev–Trinajstić information content (AvgIpc) is 2.85. The lowest BCUT2D eigenvalue weighted by Crippen LogP contribution is -2.11. The number of rotatable bonds is 5. The molecule has 1 aromatic heterocycles. The molecule has 1 heterocycles. The molecule has 0 spiro atoms. The Morgan fingerprint density at radius 3 is 2.60 bits per heavy atom. The second kappa shape index (κ2) is 6.23. The SMILES string of the molecule is CC(C)COc1ccc(NC(=O)c2cnn(C)c2)cc1. The first-order valence-electron chi connectivity index (χ1n) is 6.57. The van der Waals surface area contributed by atoms with E-state index in [1.54, 1.807) is 17.9 Å². The monoisotopic (exact) mass is 273 g/mol. The summed E-state index contributed by atoms with van der Waals surface area (Å²) in [5.74, 6) is 1.12. The molecule has 0 aliphatic rings. The highest BCUT2D eigenvalue weighted by Crippen LogP contribution is 2.17. The number of aryl methyl sites for hydroxylation is 1. The number of ether oxygens (including phenoxy) is 1. The minimum atomic E-state index is -0.172. The fraction of sp³-hybridized carbons (Fsp3) is 0.333. The van der Waals surface area contributed by atoms with Crippen LogP contribution >= 0.6 is 0 Å². The summed E-state index contributed by atoms with van der Waals surface area (Å²) in [6.07, 6.45) is 3.21. The van der Waals surface area contributed by atoms with Gasteiger partial charge in [0, 0.05) is 18.9 Å². The number of hydrogen-bond acceptors (Lipinski definition) is 3. The Bertz CT molecular complexity index is 573. The first-order chi connectivity index (χ1) is 9.54. The molecule has 1 N–H and O–H groups in total. The summed E-state index contributed by atoms with van der Waals surface area (Å²) in [7, 11) is 1.78. The first kappa shape index (κ1) is 14.1. The Labute approximate surface area is 118 Å². The molecule has 0 unspecified atom stereocenters. The Hall–Kier alpha value is -2.30. The van der Waals surface area contributed by atoms with E-state index >= 15 is 0 Å². The third-order valence-corrected chi connectivity index (χ3v) is 2.66. The third-order valence-electron chi connectivity index (χ3n) is 2.66. The first-order valence-corrected chi connectivity index (χ1v) is 6.57. The fourth-order valence-electron chi connectivity index (χ4n) is 1.64. The van der Waals surface area contributed by atoms with Crippen LogP contribution in [0.3, 0.4) is 0 Å². The van der Waals surface area contributed by atoms with Gasteiger partial charge >= 0.3 is 0 Å². The highest BCUT2D eigenvalue weighted by Gasteiger charge is 2.08. The third kappa shape index (κ3) is 3.85. The topological polar surface area (TPSA) is 56.1 Å². The van der Waals surface area contributed by atoms with Crippen LogP contribution in [0.5, 0.6) is 5.75 Å². The van der Waals surface area contributed by atoms with Crippen LogP contribution < -0.4 is 10.1 Å². The molecule has 0 fully saturated rings. The summed E-state index contributed by atoms with van der Waals surface area (Å²) in [5, 5.41) is 6.79. The van der Waals surface area contributed by atoms with Gasteiger partial charge in [-0.25, -0.2) is 0 Å². The lowest BCUT2D eigenvalue weighted by molar-refractivity contribution is 0.102. The van der Waals surface area contributed by atoms with Gasteiger partial charge in [0.15, 0.2) is 0 Å². The van der Waals surface area contributed by atoms with Gasteiger partial charge in [-0.1, -0.05) is 13.8 Å². The van der Waals surface area contributed by atoms with Crippen LogP contribution in [-0.4, -0.2) is 22.3 Å². The lowest BCUT2D eigenvalue weighted by Gasteiger charge is -2.09. The average molecular weight is 273 g/mol. The zero-order valence-corrected chi connectivity index (χ0v) is 12.0. The molecule has 0 saturated heterocycles. The molecular weight excluding hydrogens is 254 g/mol. The van der Waals surface area contributed by atoms with E-state index in [-0.39, 0.29) is 5.91 Å². The molecule has 0 atom stereocenters. The van der Waals surface area contributed by atoms with Crippen molar-refractivity contribution in [3.8, 4) is 5.75 Å². The summed E-state index contributed by atoms with van der Waals surface area (Å²) in [4.78, 5) is 11.9. The molecule has 0 bridgehead atoms. The van der Waals surface area contributed by atoms with Crippen LogP contribution in [0.2, 0.25) is 0 Å². The van der Waals surface area contributed by atoms with Crippen LogP contribution in [0.25, 0.3) is 0 Å². The van der Waals surface area contributed by atoms with E-state index in [9.17, 15) is 4.79 Å². The predicted octanol–water partition coefficient (Wildman–Crippen LogP) is 2.71. The molecule has 0 aliphatic carbocycles. The maximum absolute atomic E-state index is 11.9. The predicted molar refractivity (Wildman–Crippen MR) is 77.9 cm³/mol. The van der Waals surface area contributed by atoms with Crippen LogP contribution in [0, 0.1) is 5.92 Å². The largest absolute Gasteiger partial charge is 0.493 e. The van der Waals surface area contributed by atoms with Gasteiger partial charge in [0.2, 0.25) is 0 Å². The van der Waals surface area contributed by atoms with Crippen molar-refractivity contribution in [2.24, 2.45) is 13.0 Å². The Kier molecular flexibility index (Phi) is 4.40. The second-order valence-corrected chi connectivity index (χ2v) is 5.09. The van der Waals surface area contributed by atoms with Gasteiger partial charge in [-0.3, -0.25) is 9.48 Å². The number of nitrogens with one attached hydrogen (secondary N) is 1. The van der Waals surface area contributed by atoms with Crippen molar-refractivity contribution in [3.05, 3.63) is 42.2 Å². The summed E-state index contributed by atoms with van der Waals surface area (Å²) < 4.78 is 7.18. The van der Waals surface area contributed by atoms with Crippen LogP contribution in [0.4, 0.5) is 5.69 Å². The Morgan fingerprint density at radius 2 is 2.05 bits per heavy atom. The molecule has 0 saturated carbocycles. The minimum absolute atomic E-state index is 0.172. The van der Waals surface area contributed by atoms with Gasteiger partial charge in [0.05, 0.1) is 18.4 Å². The quantitative estimate of drug-likeness (QED) is 0.911. The van der Waals surface area contributed by atoms with Crippen molar-refractivity contribution in [3.63, 3.8) is 0 Å². The van der Waals surface area contributed by atoms with Gasteiger partial charge in [0.25, 0.3) is 5.91 Å². The number of carbonyl (C=O) groups excluding carboxylic acids is 1. The maximum Gasteiger partial charge on any atom is 0.258 e. The molecule has 5 nitrogen and oxygen atoms in total. The van der Waals surface area contributed by atoms with Gasteiger partial charge in [-0.05, 0) is 30.2 Å². The number of nitrogens with zero attached hydrogens (tertiary/aromatic N) is 2. The zero-order valence-electron chi connectivity index (χ0n) is 12.0. The second-order valence-electron chi connectivity index (χ2n) is 5.09. The molecule has 106 valence electrons. The number of benzene rings is 1. The van der Waals surface area contributed by atoms with Crippen molar-refractivity contribution in [2.45, 2.75) is 13.8 Å². The summed E-state index contributed by atoms with van der Waals surface area (Å²) in [5.41, 5.74) is 1.27. The van der Waals surface area contributed by atoms with E-state index in [2.05, 4.69) is 24.3 Å².